The SMILES string of the molecule is CN(CC(F)(F)F)C(=O)CN1CCN(c2ncnc3sccc23)CC1. The van der Waals surface area contributed by atoms with E-state index in [4.69, 9.17) is 0 Å². The number of thiophene rings is 1. The van der Waals surface area contributed by atoms with Crippen molar-refractivity contribution in [2.24, 2.45) is 0 Å². The van der Waals surface area contributed by atoms with Crippen molar-refractivity contribution in [2.45, 2.75) is 6.18 Å². The predicted molar refractivity (Wildman–Crippen MR) is 89.8 cm³/mol. The van der Waals surface area contributed by atoms with E-state index in [1.165, 1.54) is 13.4 Å². The van der Waals surface area contributed by atoms with Gasteiger partial charge in [0.25, 0.3) is 0 Å². The Morgan fingerprint density at radius 2 is 2.00 bits per heavy atom. The molecule has 0 aliphatic carbocycles. The molecule has 0 saturated carbocycles. The molecule has 1 saturated heterocycles. The fourth-order valence-electron chi connectivity index (χ4n) is 2.82. The van der Waals surface area contributed by atoms with Gasteiger partial charge in [-0.15, -0.1) is 11.3 Å². The van der Waals surface area contributed by atoms with Crippen molar-refractivity contribution < 1.29 is 18.0 Å². The highest BCUT2D eigenvalue weighted by molar-refractivity contribution is 7.16. The molecule has 0 spiro atoms. The number of hydrogen-bond acceptors (Lipinski definition) is 6. The van der Waals surface area contributed by atoms with E-state index in [9.17, 15) is 18.0 Å². The van der Waals surface area contributed by atoms with Crippen molar-refractivity contribution in [3.05, 3.63) is 17.8 Å². The highest BCUT2D eigenvalue weighted by Crippen LogP contribution is 2.27. The van der Waals surface area contributed by atoms with Crippen LogP contribution in [0.25, 0.3) is 10.2 Å². The lowest BCUT2D eigenvalue weighted by Gasteiger charge is -2.35. The molecule has 1 fully saturated rings. The minimum atomic E-state index is -4.37. The molecule has 2 aromatic heterocycles. The molecule has 10 heteroatoms. The Hall–Kier alpha value is -1.94. The van der Waals surface area contributed by atoms with Gasteiger partial charge in [-0.2, -0.15) is 13.2 Å². The van der Waals surface area contributed by atoms with E-state index in [0.29, 0.717) is 26.2 Å². The van der Waals surface area contributed by atoms with Crippen LogP contribution >= 0.6 is 11.3 Å². The first-order valence-corrected chi connectivity index (χ1v) is 8.68. The van der Waals surface area contributed by atoms with Gasteiger partial charge in [-0.25, -0.2) is 9.97 Å². The number of aromatic nitrogens is 2. The van der Waals surface area contributed by atoms with E-state index < -0.39 is 18.6 Å². The second-order valence-electron chi connectivity index (χ2n) is 5.96. The maximum absolute atomic E-state index is 12.4. The Balaban J connectivity index is 1.55. The van der Waals surface area contributed by atoms with Crippen LogP contribution < -0.4 is 4.90 Å². The quantitative estimate of drug-likeness (QED) is 0.819. The number of nitrogens with zero attached hydrogens (tertiary/aromatic N) is 5. The Morgan fingerprint density at radius 3 is 2.68 bits per heavy atom. The van der Waals surface area contributed by atoms with Gasteiger partial charge in [-0.1, -0.05) is 0 Å². The number of alkyl halides is 3. The smallest absolute Gasteiger partial charge is 0.353 e. The summed E-state index contributed by atoms with van der Waals surface area (Å²) in [5.74, 6) is 0.347. The second kappa shape index (κ2) is 7.12. The summed E-state index contributed by atoms with van der Waals surface area (Å²) in [6.45, 7) is 1.31. The van der Waals surface area contributed by atoms with Crippen LogP contribution in [0.2, 0.25) is 0 Å². The number of fused-ring (bicyclic) bond motifs is 1. The molecule has 136 valence electrons. The lowest BCUT2D eigenvalue weighted by Crippen LogP contribution is -2.50. The van der Waals surface area contributed by atoms with Crippen LogP contribution in [-0.4, -0.2) is 78.2 Å². The summed E-state index contributed by atoms with van der Waals surface area (Å²) in [6.07, 6.45) is -2.84. The lowest BCUT2D eigenvalue weighted by atomic mass is 10.2. The van der Waals surface area contributed by atoms with Gasteiger partial charge in [-0.05, 0) is 11.4 Å². The summed E-state index contributed by atoms with van der Waals surface area (Å²) in [7, 11) is 1.18. The van der Waals surface area contributed by atoms with Gasteiger partial charge in [-0.3, -0.25) is 9.69 Å². The molecule has 1 aliphatic heterocycles. The number of piperazine rings is 1. The number of rotatable bonds is 4. The molecular weight excluding hydrogens is 355 g/mol. The van der Waals surface area contributed by atoms with Gasteiger partial charge in [0, 0.05) is 33.2 Å². The van der Waals surface area contributed by atoms with Crippen LogP contribution in [0.4, 0.5) is 19.0 Å². The predicted octanol–water partition coefficient (Wildman–Crippen LogP) is 1.83. The topological polar surface area (TPSA) is 52.6 Å². The summed E-state index contributed by atoms with van der Waals surface area (Å²) < 4.78 is 37.1. The van der Waals surface area contributed by atoms with E-state index in [1.54, 1.807) is 11.3 Å². The number of carbonyl (C=O) groups excluding carboxylic acids is 1. The summed E-state index contributed by atoms with van der Waals surface area (Å²) in [6, 6.07) is 1.98. The lowest BCUT2D eigenvalue weighted by molar-refractivity contribution is -0.159. The Kier molecular flexibility index (Phi) is 5.09. The van der Waals surface area contributed by atoms with Crippen molar-refractivity contribution in [3.8, 4) is 0 Å². The maximum Gasteiger partial charge on any atom is 0.406 e. The monoisotopic (exact) mass is 373 g/mol. The standard InChI is InChI=1S/C15H18F3N5OS/c1-21(9-15(16,17)18)12(24)8-22-3-5-23(6-4-22)13-11-2-7-25-14(11)20-10-19-13/h2,7,10H,3-6,8-9H2,1H3. The zero-order valence-electron chi connectivity index (χ0n) is 13.7. The highest BCUT2D eigenvalue weighted by Gasteiger charge is 2.32. The molecule has 3 rings (SSSR count). The van der Waals surface area contributed by atoms with Gasteiger partial charge in [0.05, 0.1) is 11.9 Å². The van der Waals surface area contributed by atoms with E-state index in [-0.39, 0.29) is 6.54 Å². The van der Waals surface area contributed by atoms with Crippen LogP contribution in [0.3, 0.4) is 0 Å². The van der Waals surface area contributed by atoms with Crippen molar-refractivity contribution >= 4 is 33.3 Å². The normalized spacial score (nSPS) is 16.4. The average Bonchev–Trinajstić information content (AvgIpc) is 3.02. The minimum Gasteiger partial charge on any atom is -0.353 e. The van der Waals surface area contributed by atoms with E-state index >= 15 is 0 Å². The van der Waals surface area contributed by atoms with Crippen LogP contribution in [-0.2, 0) is 4.79 Å². The van der Waals surface area contributed by atoms with Crippen LogP contribution in [0.1, 0.15) is 0 Å². The molecular formula is C15H18F3N5OS. The van der Waals surface area contributed by atoms with Gasteiger partial charge in [0.15, 0.2) is 0 Å². The number of likely N-dealkylation sites (N-methyl/N-ethyl adjacent to an activating group) is 1. The molecule has 1 aliphatic rings. The fourth-order valence-corrected chi connectivity index (χ4v) is 3.54. The van der Waals surface area contributed by atoms with Gasteiger partial charge in [0.1, 0.15) is 23.5 Å². The molecule has 0 atom stereocenters. The molecule has 0 radical (unpaired) electrons. The first-order valence-electron chi connectivity index (χ1n) is 7.80. The van der Waals surface area contributed by atoms with Crippen LogP contribution in [0.15, 0.2) is 17.8 Å². The number of carbonyl (C=O) groups is 1. The van der Waals surface area contributed by atoms with Gasteiger partial charge in [0.2, 0.25) is 5.91 Å². The first-order chi connectivity index (χ1) is 11.8. The zero-order valence-corrected chi connectivity index (χ0v) is 14.5. The molecule has 0 bridgehead atoms. The summed E-state index contributed by atoms with van der Waals surface area (Å²) in [4.78, 5) is 26.2. The van der Waals surface area contributed by atoms with E-state index in [1.807, 2.05) is 16.3 Å². The third kappa shape index (κ3) is 4.37. The summed E-state index contributed by atoms with van der Waals surface area (Å²) >= 11 is 1.55. The molecule has 25 heavy (non-hydrogen) atoms. The fraction of sp³-hybridized carbons (Fsp3) is 0.533. The molecule has 6 nitrogen and oxygen atoms in total. The molecule has 3 heterocycles. The van der Waals surface area contributed by atoms with E-state index in [0.717, 1.165) is 20.9 Å². The van der Waals surface area contributed by atoms with Crippen LogP contribution in [0, 0.1) is 0 Å². The highest BCUT2D eigenvalue weighted by atomic mass is 32.1. The summed E-state index contributed by atoms with van der Waals surface area (Å²) in [5.41, 5.74) is 0. The number of amides is 1. The second-order valence-corrected chi connectivity index (χ2v) is 6.86. The number of hydrogen-bond donors (Lipinski definition) is 0. The van der Waals surface area contributed by atoms with Crippen molar-refractivity contribution in [1.82, 2.24) is 19.8 Å². The third-order valence-corrected chi connectivity index (χ3v) is 4.93. The molecule has 2 aromatic rings. The molecule has 0 aromatic carbocycles. The van der Waals surface area contributed by atoms with Crippen molar-refractivity contribution in [3.63, 3.8) is 0 Å². The van der Waals surface area contributed by atoms with Gasteiger partial charge >= 0.3 is 6.18 Å². The summed E-state index contributed by atoms with van der Waals surface area (Å²) in [5, 5.41) is 2.97. The Morgan fingerprint density at radius 1 is 1.28 bits per heavy atom. The molecule has 0 unspecified atom stereocenters. The minimum absolute atomic E-state index is 0.00193. The first kappa shape index (κ1) is 17.9. The van der Waals surface area contributed by atoms with Crippen molar-refractivity contribution in [2.75, 3.05) is 51.2 Å². The molecule has 0 N–H and O–H groups in total. The third-order valence-electron chi connectivity index (χ3n) is 4.11. The van der Waals surface area contributed by atoms with Gasteiger partial charge < -0.3 is 9.80 Å². The number of halogens is 3. The largest absolute Gasteiger partial charge is 0.406 e. The molecule has 1 amide bonds. The maximum atomic E-state index is 12.4. The zero-order chi connectivity index (χ0) is 18.0. The Bertz CT molecular complexity index is 742. The van der Waals surface area contributed by atoms with E-state index in [2.05, 4.69) is 14.9 Å². The number of anilines is 1. The van der Waals surface area contributed by atoms with Crippen molar-refractivity contribution in [1.29, 1.82) is 0 Å². The average molecular weight is 373 g/mol. The Labute approximate surface area is 146 Å². The van der Waals surface area contributed by atoms with Crippen LogP contribution in [0.5, 0.6) is 0 Å².